The molecule has 0 saturated carbocycles. The first-order chi connectivity index (χ1) is 15.0. The van der Waals surface area contributed by atoms with E-state index in [4.69, 9.17) is 0 Å². The number of nitrogens with one attached hydrogen (secondary N) is 2. The van der Waals surface area contributed by atoms with Gasteiger partial charge < -0.3 is 15.5 Å². The van der Waals surface area contributed by atoms with Crippen LogP contribution in [0.3, 0.4) is 0 Å². The molecule has 2 aromatic rings. The molecular weight excluding hydrogens is 516 g/mol. The first-order valence-electron chi connectivity index (χ1n) is 11.2. The zero-order chi connectivity index (χ0) is 22.1. The van der Waals surface area contributed by atoms with E-state index in [2.05, 4.69) is 44.8 Å². The summed E-state index contributed by atoms with van der Waals surface area (Å²) in [5, 5.41) is 6.68. The maximum atomic E-state index is 14.0. The molecule has 0 radical (unpaired) electrons. The van der Waals surface area contributed by atoms with Gasteiger partial charge in [-0.3, -0.25) is 9.89 Å². The lowest BCUT2D eigenvalue weighted by Crippen LogP contribution is -2.36. The molecule has 5 nitrogen and oxygen atoms in total. The van der Waals surface area contributed by atoms with Gasteiger partial charge in [0.05, 0.1) is 0 Å². The molecule has 3 rings (SSSR count). The molecule has 1 heterocycles. The molecule has 1 aliphatic heterocycles. The van der Waals surface area contributed by atoms with Gasteiger partial charge in [-0.05, 0) is 68.8 Å². The molecule has 0 aliphatic carbocycles. The van der Waals surface area contributed by atoms with Crippen LogP contribution in [-0.4, -0.2) is 50.0 Å². The van der Waals surface area contributed by atoms with Crippen LogP contribution in [0.25, 0.3) is 0 Å². The zero-order valence-electron chi connectivity index (χ0n) is 19.5. The van der Waals surface area contributed by atoms with Crippen molar-refractivity contribution in [1.29, 1.82) is 0 Å². The molecule has 7 heteroatoms. The Morgan fingerprint density at radius 3 is 2.16 bits per heavy atom. The third kappa shape index (κ3) is 8.67. The van der Waals surface area contributed by atoms with Crippen LogP contribution in [-0.2, 0) is 26.2 Å². The van der Waals surface area contributed by atoms with Crippen LogP contribution in [0.1, 0.15) is 41.5 Å². The Morgan fingerprint density at radius 1 is 0.938 bits per heavy atom. The van der Waals surface area contributed by atoms with Gasteiger partial charge >= 0.3 is 0 Å². The molecule has 1 saturated heterocycles. The average Bonchev–Trinajstić information content (AvgIpc) is 2.77. The smallest absolute Gasteiger partial charge is 0.191 e. The number of hydrogen-bond donors (Lipinski definition) is 2. The highest BCUT2D eigenvalue weighted by Gasteiger charge is 2.10. The van der Waals surface area contributed by atoms with Crippen molar-refractivity contribution in [2.75, 3.05) is 34.2 Å². The highest BCUT2D eigenvalue weighted by molar-refractivity contribution is 14.0. The van der Waals surface area contributed by atoms with E-state index in [0.29, 0.717) is 25.2 Å². The number of halogens is 2. The van der Waals surface area contributed by atoms with Gasteiger partial charge in [0.15, 0.2) is 5.96 Å². The minimum atomic E-state index is -0.163. The predicted octanol–water partition coefficient (Wildman–Crippen LogP) is 4.36. The van der Waals surface area contributed by atoms with E-state index in [1.165, 1.54) is 49.5 Å². The van der Waals surface area contributed by atoms with Crippen LogP contribution in [0.5, 0.6) is 0 Å². The molecule has 0 amide bonds. The second-order valence-corrected chi connectivity index (χ2v) is 8.60. The first kappa shape index (κ1) is 26.5. The Bertz CT molecular complexity index is 848. The second-order valence-electron chi connectivity index (χ2n) is 8.60. The van der Waals surface area contributed by atoms with Gasteiger partial charge in [0, 0.05) is 38.8 Å². The molecule has 1 fully saturated rings. The third-order valence-corrected chi connectivity index (χ3v) is 5.62. The molecule has 0 bridgehead atoms. The average molecular weight is 554 g/mol. The molecule has 0 aromatic heterocycles. The molecule has 0 unspecified atom stereocenters. The third-order valence-electron chi connectivity index (χ3n) is 5.62. The summed E-state index contributed by atoms with van der Waals surface area (Å²) >= 11 is 0. The van der Waals surface area contributed by atoms with E-state index < -0.39 is 0 Å². The minimum Gasteiger partial charge on any atom is -0.352 e. The van der Waals surface area contributed by atoms with Gasteiger partial charge in [-0.25, -0.2) is 4.39 Å². The molecule has 176 valence electrons. The molecule has 1 aliphatic rings. The number of guanidine groups is 1. The predicted molar refractivity (Wildman–Crippen MR) is 142 cm³/mol. The fourth-order valence-corrected chi connectivity index (χ4v) is 3.93. The maximum Gasteiger partial charge on any atom is 0.191 e. The van der Waals surface area contributed by atoms with E-state index in [1.54, 1.807) is 7.05 Å². The number of hydrogen-bond acceptors (Lipinski definition) is 3. The van der Waals surface area contributed by atoms with E-state index in [0.717, 1.165) is 18.1 Å². The van der Waals surface area contributed by atoms with E-state index in [1.807, 2.05) is 31.1 Å². The Balaban J connectivity index is 0.00000363. The number of benzene rings is 2. The number of nitrogens with zero attached hydrogens (tertiary/aromatic N) is 3. The summed E-state index contributed by atoms with van der Waals surface area (Å²) in [6, 6.07) is 14.1. The summed E-state index contributed by atoms with van der Waals surface area (Å²) in [6.07, 6.45) is 4.01. The molecule has 32 heavy (non-hydrogen) atoms. The van der Waals surface area contributed by atoms with Crippen molar-refractivity contribution in [3.63, 3.8) is 0 Å². The first-order valence-corrected chi connectivity index (χ1v) is 11.2. The van der Waals surface area contributed by atoms with Crippen LogP contribution in [0, 0.1) is 5.82 Å². The Morgan fingerprint density at radius 2 is 1.53 bits per heavy atom. The summed E-state index contributed by atoms with van der Waals surface area (Å²) in [4.78, 5) is 8.82. The van der Waals surface area contributed by atoms with Gasteiger partial charge in [-0.15, -0.1) is 24.0 Å². The van der Waals surface area contributed by atoms with Crippen molar-refractivity contribution in [1.82, 2.24) is 20.4 Å². The Hall–Kier alpha value is -1.71. The summed E-state index contributed by atoms with van der Waals surface area (Å²) in [5.41, 5.74) is 4.33. The molecule has 2 N–H and O–H groups in total. The Kier molecular flexibility index (Phi) is 11.4. The van der Waals surface area contributed by atoms with Gasteiger partial charge in [0.1, 0.15) is 5.82 Å². The topological polar surface area (TPSA) is 42.9 Å². The molecule has 2 aromatic carbocycles. The van der Waals surface area contributed by atoms with Crippen LogP contribution >= 0.6 is 24.0 Å². The van der Waals surface area contributed by atoms with Gasteiger partial charge in [-0.2, -0.15) is 0 Å². The summed E-state index contributed by atoms with van der Waals surface area (Å²) in [6.45, 7) is 5.37. The van der Waals surface area contributed by atoms with Gasteiger partial charge in [0.2, 0.25) is 0 Å². The number of likely N-dealkylation sites (tertiary alicyclic amines) is 1. The number of piperidine rings is 1. The normalized spacial score (nSPS) is 14.8. The van der Waals surface area contributed by atoms with Crippen molar-refractivity contribution in [2.45, 2.75) is 45.4 Å². The van der Waals surface area contributed by atoms with Gasteiger partial charge in [-0.1, -0.05) is 36.8 Å². The zero-order valence-corrected chi connectivity index (χ0v) is 21.9. The quantitative estimate of drug-likeness (QED) is 0.290. The molecular formula is C25H37FIN5. The van der Waals surface area contributed by atoms with Crippen LogP contribution in [0.4, 0.5) is 4.39 Å². The van der Waals surface area contributed by atoms with Crippen molar-refractivity contribution in [3.05, 3.63) is 70.5 Å². The van der Waals surface area contributed by atoms with Crippen molar-refractivity contribution >= 4 is 29.9 Å². The van der Waals surface area contributed by atoms with Crippen LogP contribution in [0.15, 0.2) is 47.5 Å². The SMILES string of the molecule is CN=C(NCc1ccc(CN2CCCCC2)cc1)NCc1ccc(F)c(CN(C)C)c1.I. The highest BCUT2D eigenvalue weighted by Crippen LogP contribution is 2.14. The molecule has 0 atom stereocenters. The van der Waals surface area contributed by atoms with Crippen LogP contribution < -0.4 is 10.6 Å². The second kappa shape index (κ2) is 13.7. The number of rotatable bonds is 8. The van der Waals surface area contributed by atoms with Gasteiger partial charge in [0.25, 0.3) is 0 Å². The van der Waals surface area contributed by atoms with Crippen molar-refractivity contribution < 1.29 is 4.39 Å². The minimum absolute atomic E-state index is 0. The lowest BCUT2D eigenvalue weighted by molar-refractivity contribution is 0.221. The molecule has 0 spiro atoms. The fourth-order valence-electron chi connectivity index (χ4n) is 3.93. The largest absolute Gasteiger partial charge is 0.352 e. The monoisotopic (exact) mass is 553 g/mol. The summed E-state index contributed by atoms with van der Waals surface area (Å²) in [5.74, 6) is 0.569. The summed E-state index contributed by atoms with van der Waals surface area (Å²) < 4.78 is 14.0. The lowest BCUT2D eigenvalue weighted by Gasteiger charge is -2.26. The van der Waals surface area contributed by atoms with E-state index in [9.17, 15) is 4.39 Å². The van der Waals surface area contributed by atoms with E-state index in [-0.39, 0.29) is 29.8 Å². The summed E-state index contributed by atoms with van der Waals surface area (Å²) in [7, 11) is 5.64. The van der Waals surface area contributed by atoms with Crippen LogP contribution in [0.2, 0.25) is 0 Å². The van der Waals surface area contributed by atoms with Crippen molar-refractivity contribution in [3.8, 4) is 0 Å². The standard InChI is InChI=1S/C25H36FN5.HI/c1-27-25(29-17-22-11-12-24(26)23(15-22)19-30(2)3)28-16-20-7-9-21(10-8-20)18-31-13-5-4-6-14-31;/h7-12,15H,4-6,13-14,16-19H2,1-3H3,(H2,27,28,29);1H. The lowest BCUT2D eigenvalue weighted by atomic mass is 10.1. The Labute approximate surface area is 209 Å². The maximum absolute atomic E-state index is 14.0. The highest BCUT2D eigenvalue weighted by atomic mass is 127. The number of aliphatic imine (C=N–C) groups is 1. The fraction of sp³-hybridized carbons (Fsp3) is 0.480. The van der Waals surface area contributed by atoms with E-state index >= 15 is 0 Å². The van der Waals surface area contributed by atoms with Crippen molar-refractivity contribution in [2.24, 2.45) is 4.99 Å².